The van der Waals surface area contributed by atoms with Crippen LogP contribution in [0.1, 0.15) is 31.4 Å². The largest absolute Gasteiger partial charge is 0.382 e. The molecule has 1 unspecified atom stereocenters. The summed E-state index contributed by atoms with van der Waals surface area (Å²) in [5, 5.41) is 6.67. The summed E-state index contributed by atoms with van der Waals surface area (Å²) in [6.45, 7) is 8.62. The SMILES string of the molecule is CCNC(=NCC(c1ccccc1)N1CCCC1)NCCOCCOC.I. The normalized spacial score (nSPS) is 16.0. The van der Waals surface area contributed by atoms with Crippen LogP contribution >= 0.6 is 24.0 Å². The number of nitrogens with zero attached hydrogens (tertiary/aromatic N) is 2. The van der Waals surface area contributed by atoms with Gasteiger partial charge in [-0.05, 0) is 38.4 Å². The molecule has 1 heterocycles. The van der Waals surface area contributed by atoms with E-state index in [0.29, 0.717) is 25.9 Å². The quantitative estimate of drug-likeness (QED) is 0.216. The van der Waals surface area contributed by atoms with Crippen molar-refractivity contribution in [3.8, 4) is 0 Å². The first-order chi connectivity index (χ1) is 12.8. The summed E-state index contributed by atoms with van der Waals surface area (Å²) in [6, 6.07) is 11.1. The van der Waals surface area contributed by atoms with Gasteiger partial charge in [0.05, 0.1) is 32.4 Å². The second kappa shape index (κ2) is 15.1. The Hall–Kier alpha value is -0.900. The third-order valence-electron chi connectivity index (χ3n) is 4.50. The Labute approximate surface area is 181 Å². The molecular formula is C20H35IN4O2. The lowest BCUT2D eigenvalue weighted by molar-refractivity contribution is 0.0733. The number of hydrogen-bond acceptors (Lipinski definition) is 4. The summed E-state index contributed by atoms with van der Waals surface area (Å²) in [5.74, 6) is 0.850. The molecule has 6 nitrogen and oxygen atoms in total. The van der Waals surface area contributed by atoms with E-state index in [4.69, 9.17) is 14.5 Å². The Bertz CT molecular complexity index is 510. The van der Waals surface area contributed by atoms with Gasteiger partial charge >= 0.3 is 0 Å². The summed E-state index contributed by atoms with van der Waals surface area (Å²) in [7, 11) is 1.68. The van der Waals surface area contributed by atoms with E-state index < -0.39 is 0 Å². The van der Waals surface area contributed by atoms with Crippen LogP contribution in [0.4, 0.5) is 0 Å². The molecule has 2 rings (SSSR count). The molecule has 0 aromatic heterocycles. The first-order valence-electron chi connectivity index (χ1n) is 9.73. The van der Waals surface area contributed by atoms with E-state index in [0.717, 1.165) is 38.7 Å². The van der Waals surface area contributed by atoms with Gasteiger partial charge in [0, 0.05) is 20.2 Å². The third kappa shape index (κ3) is 9.23. The van der Waals surface area contributed by atoms with Crippen LogP contribution in [0.25, 0.3) is 0 Å². The second-order valence-electron chi connectivity index (χ2n) is 6.42. The van der Waals surface area contributed by atoms with E-state index in [9.17, 15) is 0 Å². The molecule has 27 heavy (non-hydrogen) atoms. The Morgan fingerprint density at radius 3 is 2.52 bits per heavy atom. The van der Waals surface area contributed by atoms with Gasteiger partial charge in [0.15, 0.2) is 5.96 Å². The van der Waals surface area contributed by atoms with Gasteiger partial charge in [-0.3, -0.25) is 9.89 Å². The fraction of sp³-hybridized carbons (Fsp3) is 0.650. The highest BCUT2D eigenvalue weighted by Gasteiger charge is 2.23. The molecule has 1 aromatic rings. The lowest BCUT2D eigenvalue weighted by Gasteiger charge is -2.27. The molecule has 7 heteroatoms. The van der Waals surface area contributed by atoms with Crippen molar-refractivity contribution < 1.29 is 9.47 Å². The molecule has 1 saturated heterocycles. The van der Waals surface area contributed by atoms with Gasteiger partial charge in [0.25, 0.3) is 0 Å². The number of rotatable bonds is 11. The van der Waals surface area contributed by atoms with Crippen molar-refractivity contribution >= 4 is 29.9 Å². The van der Waals surface area contributed by atoms with E-state index in [2.05, 4.69) is 52.8 Å². The topological polar surface area (TPSA) is 58.1 Å². The molecule has 0 amide bonds. The highest BCUT2D eigenvalue weighted by molar-refractivity contribution is 14.0. The minimum absolute atomic E-state index is 0. The fourth-order valence-corrected chi connectivity index (χ4v) is 3.17. The zero-order valence-corrected chi connectivity index (χ0v) is 19.0. The number of nitrogens with one attached hydrogen (secondary N) is 2. The lowest BCUT2D eigenvalue weighted by Crippen LogP contribution is -2.40. The van der Waals surface area contributed by atoms with Crippen molar-refractivity contribution in [1.29, 1.82) is 0 Å². The van der Waals surface area contributed by atoms with Gasteiger partial charge < -0.3 is 20.1 Å². The molecular weight excluding hydrogens is 455 g/mol. The number of halogens is 1. The van der Waals surface area contributed by atoms with Crippen molar-refractivity contribution in [1.82, 2.24) is 15.5 Å². The summed E-state index contributed by atoms with van der Waals surface area (Å²) in [6.07, 6.45) is 2.56. The summed E-state index contributed by atoms with van der Waals surface area (Å²) in [5.41, 5.74) is 1.34. The first-order valence-corrected chi connectivity index (χ1v) is 9.73. The Morgan fingerprint density at radius 2 is 1.85 bits per heavy atom. The maximum absolute atomic E-state index is 5.50. The number of benzene rings is 1. The maximum Gasteiger partial charge on any atom is 0.191 e. The Morgan fingerprint density at radius 1 is 1.11 bits per heavy atom. The van der Waals surface area contributed by atoms with E-state index in [1.807, 2.05) is 0 Å². The minimum Gasteiger partial charge on any atom is -0.382 e. The molecule has 1 fully saturated rings. The van der Waals surface area contributed by atoms with Crippen LogP contribution in [0, 0.1) is 0 Å². The number of guanidine groups is 1. The van der Waals surface area contributed by atoms with Crippen LogP contribution in [0.5, 0.6) is 0 Å². The summed E-state index contributed by atoms with van der Waals surface area (Å²) >= 11 is 0. The molecule has 0 spiro atoms. The van der Waals surface area contributed by atoms with Gasteiger partial charge in [-0.15, -0.1) is 24.0 Å². The number of ether oxygens (including phenoxy) is 2. The highest BCUT2D eigenvalue weighted by atomic mass is 127. The van der Waals surface area contributed by atoms with Gasteiger partial charge in [0.1, 0.15) is 0 Å². The van der Waals surface area contributed by atoms with E-state index in [1.165, 1.54) is 18.4 Å². The van der Waals surface area contributed by atoms with E-state index in [-0.39, 0.29) is 24.0 Å². The van der Waals surface area contributed by atoms with Crippen molar-refractivity contribution in [2.75, 3.05) is 59.7 Å². The summed E-state index contributed by atoms with van der Waals surface area (Å²) in [4.78, 5) is 7.39. The molecule has 154 valence electrons. The molecule has 1 aliphatic heterocycles. The average Bonchev–Trinajstić information content (AvgIpc) is 3.20. The van der Waals surface area contributed by atoms with Crippen LogP contribution in [-0.2, 0) is 9.47 Å². The zero-order chi connectivity index (χ0) is 18.5. The van der Waals surface area contributed by atoms with Gasteiger partial charge in [-0.2, -0.15) is 0 Å². The third-order valence-corrected chi connectivity index (χ3v) is 4.50. The predicted octanol–water partition coefficient (Wildman–Crippen LogP) is 2.66. The van der Waals surface area contributed by atoms with Gasteiger partial charge in [-0.1, -0.05) is 30.3 Å². The van der Waals surface area contributed by atoms with Crippen molar-refractivity contribution in [3.05, 3.63) is 35.9 Å². The number of methoxy groups -OCH3 is 1. The average molecular weight is 490 g/mol. The summed E-state index contributed by atoms with van der Waals surface area (Å²) < 4.78 is 10.5. The second-order valence-corrected chi connectivity index (χ2v) is 6.42. The molecule has 0 saturated carbocycles. The lowest BCUT2D eigenvalue weighted by atomic mass is 10.1. The molecule has 1 aliphatic rings. The van der Waals surface area contributed by atoms with E-state index >= 15 is 0 Å². The number of likely N-dealkylation sites (tertiary alicyclic amines) is 1. The zero-order valence-electron chi connectivity index (χ0n) is 16.7. The van der Waals surface area contributed by atoms with Crippen molar-refractivity contribution in [3.63, 3.8) is 0 Å². The fourth-order valence-electron chi connectivity index (χ4n) is 3.17. The van der Waals surface area contributed by atoms with Crippen molar-refractivity contribution in [2.45, 2.75) is 25.8 Å². The molecule has 1 atom stereocenters. The maximum atomic E-state index is 5.50. The van der Waals surface area contributed by atoms with Crippen LogP contribution in [0.15, 0.2) is 35.3 Å². The van der Waals surface area contributed by atoms with Gasteiger partial charge in [0.2, 0.25) is 0 Å². The molecule has 0 bridgehead atoms. The van der Waals surface area contributed by atoms with E-state index in [1.54, 1.807) is 7.11 Å². The Kier molecular flexibility index (Phi) is 13.5. The first kappa shape index (κ1) is 24.1. The van der Waals surface area contributed by atoms with Crippen LogP contribution in [-0.4, -0.2) is 70.5 Å². The monoisotopic (exact) mass is 490 g/mol. The Balaban J connectivity index is 0.00000364. The van der Waals surface area contributed by atoms with Crippen LogP contribution in [0.2, 0.25) is 0 Å². The highest BCUT2D eigenvalue weighted by Crippen LogP contribution is 2.25. The standard InChI is InChI=1S/C20H34N4O2.HI/c1-3-21-20(22-11-14-26-16-15-25-2)23-17-19(24-12-7-8-13-24)18-9-5-4-6-10-18;/h4-6,9-10,19H,3,7-8,11-17H2,1-2H3,(H2,21,22,23);1H. The predicted molar refractivity (Wildman–Crippen MR) is 122 cm³/mol. The van der Waals surface area contributed by atoms with Gasteiger partial charge in [-0.25, -0.2) is 0 Å². The van der Waals surface area contributed by atoms with Crippen LogP contribution in [0.3, 0.4) is 0 Å². The number of aliphatic imine (C=N–C) groups is 1. The minimum atomic E-state index is 0. The smallest absolute Gasteiger partial charge is 0.191 e. The molecule has 1 aromatic carbocycles. The molecule has 0 radical (unpaired) electrons. The van der Waals surface area contributed by atoms with Crippen molar-refractivity contribution in [2.24, 2.45) is 4.99 Å². The number of hydrogen-bond donors (Lipinski definition) is 2. The molecule has 0 aliphatic carbocycles. The van der Waals surface area contributed by atoms with Crippen LogP contribution < -0.4 is 10.6 Å². The molecule has 2 N–H and O–H groups in total.